The fourth-order valence-electron chi connectivity index (χ4n) is 3.45. The topological polar surface area (TPSA) is 46.6 Å². The van der Waals surface area contributed by atoms with Crippen LogP contribution in [-0.2, 0) is 9.30 Å². The van der Waals surface area contributed by atoms with Crippen LogP contribution in [0.3, 0.4) is 0 Å². The molecule has 0 bridgehead atoms. The van der Waals surface area contributed by atoms with Crippen molar-refractivity contribution in [3.63, 3.8) is 0 Å². The maximum absolute atomic E-state index is 14.4. The number of rotatable bonds is 3. The minimum Gasteiger partial charge on any atom is -0.444 e. The van der Waals surface area contributed by atoms with Gasteiger partial charge in [0.2, 0.25) is 0 Å². The van der Waals surface area contributed by atoms with Gasteiger partial charge in [0.1, 0.15) is 5.60 Å². The van der Waals surface area contributed by atoms with Gasteiger partial charge in [-0.3, -0.25) is 4.90 Å². The second kappa shape index (κ2) is 7.28. The highest BCUT2D eigenvalue weighted by molar-refractivity contribution is 7.79. The SMILES string of the molecule is CC(C)(C)OC(=O)N1CCCC1P(=O)(c1ccccc1)c1ccccc1. The first kappa shape index (κ1) is 18.7. The number of ether oxygens (including phenoxy) is 1. The Hall–Kier alpha value is -2.06. The number of nitrogens with zero attached hydrogens (tertiary/aromatic N) is 1. The molecule has 0 spiro atoms. The molecule has 2 aromatic carbocycles. The molecule has 1 aliphatic rings. The van der Waals surface area contributed by atoms with Crippen LogP contribution in [0.25, 0.3) is 0 Å². The number of carbonyl (C=O) groups excluding carboxylic acids is 1. The van der Waals surface area contributed by atoms with E-state index in [1.54, 1.807) is 4.90 Å². The maximum Gasteiger partial charge on any atom is 0.410 e. The van der Waals surface area contributed by atoms with E-state index >= 15 is 0 Å². The molecule has 0 aliphatic carbocycles. The van der Waals surface area contributed by atoms with Crippen molar-refractivity contribution in [3.8, 4) is 0 Å². The summed E-state index contributed by atoms with van der Waals surface area (Å²) in [6, 6.07) is 19.0. The van der Waals surface area contributed by atoms with E-state index in [9.17, 15) is 9.36 Å². The van der Waals surface area contributed by atoms with Gasteiger partial charge in [-0.05, 0) is 33.6 Å². The van der Waals surface area contributed by atoms with E-state index in [0.717, 1.165) is 17.0 Å². The summed E-state index contributed by atoms with van der Waals surface area (Å²) in [7, 11) is -3.02. The molecule has 1 unspecified atom stereocenters. The highest BCUT2D eigenvalue weighted by atomic mass is 31.2. The molecule has 2 aromatic rings. The zero-order valence-corrected chi connectivity index (χ0v) is 16.5. The molecule has 3 rings (SSSR count). The van der Waals surface area contributed by atoms with Crippen molar-refractivity contribution in [1.29, 1.82) is 0 Å². The first-order chi connectivity index (χ1) is 12.3. The minimum absolute atomic E-state index is 0.373. The quantitative estimate of drug-likeness (QED) is 0.753. The normalized spacial score (nSPS) is 18.0. The van der Waals surface area contributed by atoms with Gasteiger partial charge in [0.25, 0.3) is 0 Å². The molecule has 1 fully saturated rings. The number of amides is 1. The van der Waals surface area contributed by atoms with E-state index in [1.165, 1.54) is 0 Å². The summed E-state index contributed by atoms with van der Waals surface area (Å²) in [4.78, 5) is 14.4. The summed E-state index contributed by atoms with van der Waals surface area (Å²) in [6.07, 6.45) is 1.15. The number of benzene rings is 2. The lowest BCUT2D eigenvalue weighted by Gasteiger charge is -2.34. The van der Waals surface area contributed by atoms with Crippen molar-refractivity contribution in [1.82, 2.24) is 4.90 Å². The molecule has 0 saturated carbocycles. The van der Waals surface area contributed by atoms with Gasteiger partial charge < -0.3 is 9.30 Å². The Morgan fingerprint density at radius 3 is 1.96 bits per heavy atom. The van der Waals surface area contributed by atoms with Gasteiger partial charge in [-0.1, -0.05) is 60.7 Å². The highest BCUT2D eigenvalue weighted by Gasteiger charge is 2.45. The van der Waals surface area contributed by atoms with Gasteiger partial charge >= 0.3 is 6.09 Å². The molecular weight excluding hydrogens is 345 g/mol. The Labute approximate surface area is 155 Å². The first-order valence-electron chi connectivity index (χ1n) is 9.03. The Kier molecular flexibility index (Phi) is 5.24. The van der Waals surface area contributed by atoms with Gasteiger partial charge in [0, 0.05) is 17.2 Å². The van der Waals surface area contributed by atoms with Gasteiger partial charge in [-0.15, -0.1) is 0 Å². The first-order valence-corrected chi connectivity index (χ1v) is 10.8. The van der Waals surface area contributed by atoms with Crippen LogP contribution in [-0.4, -0.2) is 28.9 Å². The van der Waals surface area contributed by atoms with Crippen LogP contribution < -0.4 is 10.6 Å². The molecule has 26 heavy (non-hydrogen) atoms. The number of carbonyl (C=O) groups is 1. The predicted octanol–water partition coefficient (Wildman–Crippen LogP) is 4.36. The second-order valence-corrected chi connectivity index (χ2v) is 10.6. The molecule has 0 N–H and O–H groups in total. The third kappa shape index (κ3) is 3.71. The van der Waals surface area contributed by atoms with Crippen LogP contribution >= 0.6 is 7.14 Å². The van der Waals surface area contributed by atoms with Crippen molar-refractivity contribution in [2.24, 2.45) is 0 Å². The van der Waals surface area contributed by atoms with Crippen LogP contribution in [0.15, 0.2) is 60.7 Å². The van der Waals surface area contributed by atoms with Crippen molar-refractivity contribution in [3.05, 3.63) is 60.7 Å². The molecule has 1 saturated heterocycles. The lowest BCUT2D eigenvalue weighted by Crippen LogP contribution is -2.42. The summed E-state index contributed by atoms with van der Waals surface area (Å²) in [5.41, 5.74) is -0.576. The molecule has 5 heteroatoms. The van der Waals surface area contributed by atoms with Crippen LogP contribution in [0.5, 0.6) is 0 Å². The fraction of sp³-hybridized carbons (Fsp3) is 0.381. The van der Waals surface area contributed by atoms with E-state index < -0.39 is 12.7 Å². The van der Waals surface area contributed by atoms with Crippen LogP contribution in [0, 0.1) is 0 Å². The Bertz CT molecular complexity index is 756. The molecule has 138 valence electrons. The summed E-state index contributed by atoms with van der Waals surface area (Å²) in [6.45, 7) is 6.13. The monoisotopic (exact) mass is 371 g/mol. The van der Waals surface area contributed by atoms with Crippen molar-refractivity contribution in [2.75, 3.05) is 6.54 Å². The Morgan fingerprint density at radius 2 is 1.50 bits per heavy atom. The van der Waals surface area contributed by atoms with E-state index in [-0.39, 0.29) is 11.9 Å². The van der Waals surface area contributed by atoms with E-state index in [0.29, 0.717) is 13.0 Å². The van der Waals surface area contributed by atoms with Crippen LogP contribution in [0.4, 0.5) is 4.79 Å². The zero-order chi connectivity index (χ0) is 18.8. The smallest absolute Gasteiger partial charge is 0.410 e. The molecule has 4 nitrogen and oxygen atoms in total. The van der Waals surface area contributed by atoms with E-state index in [2.05, 4.69) is 0 Å². The van der Waals surface area contributed by atoms with E-state index in [4.69, 9.17) is 4.74 Å². The second-order valence-electron chi connectivity index (χ2n) is 7.63. The van der Waals surface area contributed by atoms with Crippen molar-refractivity contribution >= 4 is 23.8 Å². The van der Waals surface area contributed by atoms with Crippen LogP contribution in [0.2, 0.25) is 0 Å². The maximum atomic E-state index is 14.4. The van der Waals surface area contributed by atoms with Gasteiger partial charge in [-0.25, -0.2) is 4.79 Å². The number of likely N-dealkylation sites (tertiary alicyclic amines) is 1. The summed E-state index contributed by atoms with van der Waals surface area (Å²) in [5.74, 6) is -0.373. The van der Waals surface area contributed by atoms with E-state index in [1.807, 2.05) is 81.4 Å². The lowest BCUT2D eigenvalue weighted by atomic mass is 10.2. The lowest BCUT2D eigenvalue weighted by molar-refractivity contribution is 0.0272. The third-order valence-electron chi connectivity index (χ3n) is 4.55. The van der Waals surface area contributed by atoms with Gasteiger partial charge in [0.05, 0.1) is 5.78 Å². The standard InChI is InChI=1S/C21H26NO3P/c1-21(2,3)25-20(23)22-16-10-15-19(22)26(24,17-11-6-4-7-12-17)18-13-8-5-9-14-18/h4-9,11-14,19H,10,15-16H2,1-3H3. The van der Waals surface area contributed by atoms with Crippen molar-refractivity contribution in [2.45, 2.75) is 45.0 Å². The van der Waals surface area contributed by atoms with Crippen molar-refractivity contribution < 1.29 is 14.1 Å². The molecule has 0 aromatic heterocycles. The molecular formula is C21H26NO3P. The fourth-order valence-corrected chi connectivity index (χ4v) is 6.82. The third-order valence-corrected chi connectivity index (χ3v) is 8.06. The Balaban J connectivity index is 2.05. The summed E-state index contributed by atoms with van der Waals surface area (Å²) >= 11 is 0. The highest BCUT2D eigenvalue weighted by Crippen LogP contribution is 2.53. The largest absolute Gasteiger partial charge is 0.444 e. The predicted molar refractivity (Wildman–Crippen MR) is 106 cm³/mol. The molecule has 1 heterocycles. The number of hydrogen-bond donors (Lipinski definition) is 0. The Morgan fingerprint density at radius 1 is 1.00 bits per heavy atom. The van der Waals surface area contributed by atoms with Gasteiger partial charge in [-0.2, -0.15) is 0 Å². The molecule has 1 aliphatic heterocycles. The molecule has 1 atom stereocenters. The molecule has 0 radical (unpaired) electrons. The average molecular weight is 371 g/mol. The average Bonchev–Trinajstić information content (AvgIpc) is 3.11. The zero-order valence-electron chi connectivity index (χ0n) is 15.6. The minimum atomic E-state index is -3.02. The van der Waals surface area contributed by atoms with Gasteiger partial charge in [0.15, 0.2) is 7.14 Å². The summed E-state index contributed by atoms with van der Waals surface area (Å²) in [5, 5.41) is 1.57. The number of hydrogen-bond acceptors (Lipinski definition) is 3. The summed E-state index contributed by atoms with van der Waals surface area (Å²) < 4.78 is 20.0. The van der Waals surface area contributed by atoms with Crippen LogP contribution in [0.1, 0.15) is 33.6 Å². The molecule has 1 amide bonds.